The van der Waals surface area contributed by atoms with Gasteiger partial charge in [0.05, 0.1) is 18.1 Å². The third-order valence-electron chi connectivity index (χ3n) is 9.68. The first kappa shape index (κ1) is 29.3. The summed E-state index contributed by atoms with van der Waals surface area (Å²) >= 11 is 0. The van der Waals surface area contributed by atoms with E-state index in [0.29, 0.717) is 31.1 Å². The molecule has 3 fully saturated rings. The molecule has 1 N–H and O–H groups in total. The molecule has 6 rings (SSSR count). The van der Waals surface area contributed by atoms with Gasteiger partial charge in [-0.1, -0.05) is 117 Å². The molecule has 5 unspecified atom stereocenters. The van der Waals surface area contributed by atoms with E-state index in [1.165, 1.54) is 12.8 Å². The minimum absolute atomic E-state index is 0.0290. The van der Waals surface area contributed by atoms with Gasteiger partial charge in [0.2, 0.25) is 11.8 Å². The normalized spacial score (nSPS) is 25.6. The molecule has 0 spiro atoms. The summed E-state index contributed by atoms with van der Waals surface area (Å²) in [6.45, 7) is 1.10. The fourth-order valence-corrected chi connectivity index (χ4v) is 7.58. The number of hydrogen-bond acceptors (Lipinski definition) is 4. The standard InChI is InChI=1S/C37H42N2O4/c40-31(23-22-26-13-10-11-14-26)39-34(28-17-6-2-7-18-28)33(36(41)29-19-8-3-9-20-29)32(27-15-4-1-5-16-27)35(39)37(42)38-25-30-21-12-24-43-30/h1-9,15-20,26,30,32-35H,10-14,21-25H2,(H,38,42). The zero-order chi connectivity index (χ0) is 29.6. The molecule has 5 atom stereocenters. The van der Waals surface area contributed by atoms with Crippen molar-refractivity contribution in [2.24, 2.45) is 11.8 Å². The third kappa shape index (κ3) is 6.45. The molecule has 0 bridgehead atoms. The maximum atomic E-state index is 14.6. The molecular formula is C37H42N2O4. The summed E-state index contributed by atoms with van der Waals surface area (Å²) in [6, 6.07) is 27.5. The number of hydrogen-bond donors (Lipinski definition) is 1. The maximum absolute atomic E-state index is 14.6. The zero-order valence-electron chi connectivity index (χ0n) is 24.8. The van der Waals surface area contributed by atoms with Crippen LogP contribution in [-0.2, 0) is 14.3 Å². The highest BCUT2D eigenvalue weighted by molar-refractivity contribution is 6.02. The van der Waals surface area contributed by atoms with Crippen molar-refractivity contribution >= 4 is 17.6 Å². The Balaban J connectivity index is 1.45. The highest BCUT2D eigenvalue weighted by Gasteiger charge is 2.57. The lowest BCUT2D eigenvalue weighted by atomic mass is 9.76. The molecule has 3 aromatic rings. The highest BCUT2D eigenvalue weighted by Crippen LogP contribution is 2.51. The van der Waals surface area contributed by atoms with Gasteiger partial charge in [0.1, 0.15) is 6.04 Å². The first-order valence-electron chi connectivity index (χ1n) is 16.0. The Labute approximate surface area is 254 Å². The van der Waals surface area contributed by atoms with E-state index in [4.69, 9.17) is 4.74 Å². The van der Waals surface area contributed by atoms with Gasteiger partial charge in [0.15, 0.2) is 5.78 Å². The largest absolute Gasteiger partial charge is 0.376 e. The second-order valence-electron chi connectivity index (χ2n) is 12.4. The second-order valence-corrected chi connectivity index (χ2v) is 12.4. The molecule has 6 heteroatoms. The van der Waals surface area contributed by atoms with Gasteiger partial charge in [0.25, 0.3) is 0 Å². The monoisotopic (exact) mass is 578 g/mol. The lowest BCUT2D eigenvalue weighted by Crippen LogP contribution is -2.50. The van der Waals surface area contributed by atoms with Crippen LogP contribution in [0.3, 0.4) is 0 Å². The molecular weight excluding hydrogens is 536 g/mol. The number of nitrogens with one attached hydrogen (secondary N) is 1. The van der Waals surface area contributed by atoms with Gasteiger partial charge in [-0.15, -0.1) is 0 Å². The molecule has 2 saturated heterocycles. The Bertz CT molecular complexity index is 1290. The molecule has 3 aliphatic rings. The van der Waals surface area contributed by atoms with Gasteiger partial charge in [-0.3, -0.25) is 14.4 Å². The molecule has 2 amide bonds. The molecule has 3 aromatic carbocycles. The van der Waals surface area contributed by atoms with E-state index in [1.54, 1.807) is 4.90 Å². The van der Waals surface area contributed by atoms with E-state index in [1.807, 2.05) is 91.0 Å². The van der Waals surface area contributed by atoms with Gasteiger partial charge in [-0.05, 0) is 36.3 Å². The number of Topliss-reactive ketones (excluding diaryl/α,β-unsaturated/α-hetero) is 1. The molecule has 2 heterocycles. The highest BCUT2D eigenvalue weighted by atomic mass is 16.5. The van der Waals surface area contributed by atoms with Crippen LogP contribution in [0.5, 0.6) is 0 Å². The Morgan fingerprint density at radius 3 is 2.02 bits per heavy atom. The Morgan fingerprint density at radius 1 is 0.767 bits per heavy atom. The average Bonchev–Trinajstić information content (AvgIpc) is 3.84. The number of nitrogens with zero attached hydrogens (tertiary/aromatic N) is 1. The van der Waals surface area contributed by atoms with Crippen LogP contribution in [0.4, 0.5) is 0 Å². The van der Waals surface area contributed by atoms with E-state index in [-0.39, 0.29) is 23.7 Å². The number of likely N-dealkylation sites (tertiary alicyclic amines) is 1. The fourth-order valence-electron chi connectivity index (χ4n) is 7.58. The maximum Gasteiger partial charge on any atom is 0.243 e. The van der Waals surface area contributed by atoms with Crippen LogP contribution in [0.2, 0.25) is 0 Å². The lowest BCUT2D eigenvalue weighted by Gasteiger charge is -2.32. The van der Waals surface area contributed by atoms with E-state index in [0.717, 1.165) is 43.2 Å². The van der Waals surface area contributed by atoms with E-state index >= 15 is 0 Å². The number of carbonyl (C=O) groups is 3. The van der Waals surface area contributed by atoms with Crippen molar-refractivity contribution in [3.63, 3.8) is 0 Å². The summed E-state index contributed by atoms with van der Waals surface area (Å²) in [5.41, 5.74) is 2.36. The van der Waals surface area contributed by atoms with Gasteiger partial charge >= 0.3 is 0 Å². The van der Waals surface area contributed by atoms with Crippen molar-refractivity contribution in [3.05, 3.63) is 108 Å². The average molecular weight is 579 g/mol. The topological polar surface area (TPSA) is 75.7 Å². The first-order chi connectivity index (χ1) is 21.1. The molecule has 0 radical (unpaired) electrons. The molecule has 6 nitrogen and oxygen atoms in total. The van der Waals surface area contributed by atoms with Gasteiger partial charge in [-0.25, -0.2) is 0 Å². The van der Waals surface area contributed by atoms with Crippen LogP contribution in [0, 0.1) is 11.8 Å². The molecule has 2 aliphatic heterocycles. The minimum atomic E-state index is -0.831. The fraction of sp³-hybridized carbons (Fsp3) is 0.432. The Kier molecular flexibility index (Phi) is 9.33. The minimum Gasteiger partial charge on any atom is -0.376 e. The Hall–Kier alpha value is -3.77. The number of rotatable bonds is 10. The van der Waals surface area contributed by atoms with E-state index in [9.17, 15) is 14.4 Å². The molecule has 1 saturated carbocycles. The number of benzene rings is 3. The summed E-state index contributed by atoms with van der Waals surface area (Å²) in [5.74, 6) is -0.933. The predicted octanol–water partition coefficient (Wildman–Crippen LogP) is 6.49. The molecule has 224 valence electrons. The molecule has 1 aliphatic carbocycles. The number of carbonyl (C=O) groups excluding carboxylic acids is 3. The van der Waals surface area contributed by atoms with Crippen molar-refractivity contribution in [2.75, 3.05) is 13.2 Å². The van der Waals surface area contributed by atoms with Crippen molar-refractivity contribution < 1.29 is 19.1 Å². The van der Waals surface area contributed by atoms with Crippen LogP contribution in [0.25, 0.3) is 0 Å². The van der Waals surface area contributed by atoms with Gasteiger partial charge in [0, 0.05) is 31.1 Å². The van der Waals surface area contributed by atoms with Gasteiger partial charge in [-0.2, -0.15) is 0 Å². The van der Waals surface area contributed by atoms with Crippen LogP contribution in [-0.4, -0.2) is 47.8 Å². The number of ether oxygens (including phenoxy) is 1. The van der Waals surface area contributed by atoms with Crippen LogP contribution < -0.4 is 5.32 Å². The SMILES string of the molecule is O=C(c1ccccc1)C1C(c2ccccc2)C(C(=O)NCC2CCCO2)N(C(=O)CCC2CCCC2)C1c1ccccc1. The van der Waals surface area contributed by atoms with Crippen LogP contribution in [0.1, 0.15) is 84.8 Å². The zero-order valence-corrected chi connectivity index (χ0v) is 24.8. The van der Waals surface area contributed by atoms with E-state index in [2.05, 4.69) is 5.32 Å². The Morgan fingerprint density at radius 2 is 1.40 bits per heavy atom. The van der Waals surface area contributed by atoms with Crippen molar-refractivity contribution in [3.8, 4) is 0 Å². The van der Waals surface area contributed by atoms with E-state index < -0.39 is 23.9 Å². The summed E-state index contributed by atoms with van der Waals surface area (Å²) in [7, 11) is 0. The second kappa shape index (κ2) is 13.7. The number of amides is 2. The van der Waals surface area contributed by atoms with Crippen molar-refractivity contribution in [1.82, 2.24) is 10.2 Å². The summed E-state index contributed by atoms with van der Waals surface area (Å²) in [6.07, 6.45) is 7.78. The van der Waals surface area contributed by atoms with Crippen molar-refractivity contribution in [1.29, 1.82) is 0 Å². The third-order valence-corrected chi connectivity index (χ3v) is 9.68. The van der Waals surface area contributed by atoms with Crippen LogP contribution >= 0.6 is 0 Å². The molecule has 43 heavy (non-hydrogen) atoms. The predicted molar refractivity (Wildman–Crippen MR) is 166 cm³/mol. The smallest absolute Gasteiger partial charge is 0.243 e. The molecule has 0 aromatic heterocycles. The summed E-state index contributed by atoms with van der Waals surface area (Å²) in [4.78, 5) is 45.2. The summed E-state index contributed by atoms with van der Waals surface area (Å²) in [5, 5.41) is 3.15. The summed E-state index contributed by atoms with van der Waals surface area (Å²) < 4.78 is 5.81. The number of ketones is 1. The van der Waals surface area contributed by atoms with Crippen molar-refractivity contribution in [2.45, 2.75) is 75.5 Å². The van der Waals surface area contributed by atoms with Crippen LogP contribution in [0.15, 0.2) is 91.0 Å². The van der Waals surface area contributed by atoms with Gasteiger partial charge < -0.3 is 15.0 Å². The quantitative estimate of drug-likeness (QED) is 0.279. The first-order valence-corrected chi connectivity index (χ1v) is 16.0. The lowest BCUT2D eigenvalue weighted by molar-refractivity contribution is -0.141.